The third-order valence-corrected chi connectivity index (χ3v) is 5.15. The van der Waals surface area contributed by atoms with Crippen molar-refractivity contribution in [3.05, 3.63) is 34.9 Å². The molecule has 2 N–H and O–H groups in total. The number of nitrogens with two attached hydrogens (primary N) is 1. The van der Waals surface area contributed by atoms with Crippen LogP contribution in [0.3, 0.4) is 0 Å². The van der Waals surface area contributed by atoms with Crippen molar-refractivity contribution in [1.82, 2.24) is 4.90 Å². The molecule has 2 unspecified atom stereocenters. The first kappa shape index (κ1) is 15.3. The fraction of sp³-hybridized carbons (Fsp3) is 0.529. The van der Waals surface area contributed by atoms with Gasteiger partial charge in [0.05, 0.1) is 29.6 Å². The van der Waals surface area contributed by atoms with E-state index in [1.165, 1.54) is 0 Å². The molecule has 5 heteroatoms. The minimum atomic E-state index is -0.559. The van der Waals surface area contributed by atoms with Crippen LogP contribution in [0.25, 0.3) is 0 Å². The van der Waals surface area contributed by atoms with E-state index in [9.17, 15) is 10.1 Å². The monoisotopic (exact) mass is 317 g/mol. The van der Waals surface area contributed by atoms with Gasteiger partial charge in [0.1, 0.15) is 0 Å². The highest BCUT2D eigenvalue weighted by molar-refractivity contribution is 6.30. The summed E-state index contributed by atoms with van der Waals surface area (Å²) in [7, 11) is 0. The van der Waals surface area contributed by atoms with E-state index in [1.54, 1.807) is 6.92 Å². The Morgan fingerprint density at radius 3 is 2.77 bits per heavy atom. The molecule has 0 radical (unpaired) electrons. The molecule has 0 bridgehead atoms. The van der Waals surface area contributed by atoms with E-state index in [2.05, 4.69) is 6.07 Å². The Bertz CT molecular complexity index is 633. The van der Waals surface area contributed by atoms with Crippen LogP contribution in [0.5, 0.6) is 0 Å². The average molecular weight is 318 g/mol. The lowest BCUT2D eigenvalue weighted by Gasteiger charge is -2.34. The van der Waals surface area contributed by atoms with Crippen LogP contribution >= 0.6 is 11.6 Å². The van der Waals surface area contributed by atoms with Gasteiger partial charge < -0.3 is 10.6 Å². The first-order chi connectivity index (χ1) is 10.5. The van der Waals surface area contributed by atoms with Gasteiger partial charge in [-0.15, -0.1) is 0 Å². The summed E-state index contributed by atoms with van der Waals surface area (Å²) in [6.45, 7) is 1.71. The second-order valence-corrected chi connectivity index (χ2v) is 6.90. The Balaban J connectivity index is 1.97. The first-order valence-corrected chi connectivity index (χ1v) is 8.11. The average Bonchev–Trinajstić information content (AvgIpc) is 3.17. The normalized spacial score (nSPS) is 27.3. The molecule has 1 amide bonds. The summed E-state index contributed by atoms with van der Waals surface area (Å²) in [6, 6.07) is 9.44. The van der Waals surface area contributed by atoms with Gasteiger partial charge >= 0.3 is 0 Å². The molecule has 0 spiro atoms. The van der Waals surface area contributed by atoms with E-state index >= 15 is 0 Å². The van der Waals surface area contributed by atoms with Crippen LogP contribution in [0.1, 0.15) is 44.2 Å². The highest BCUT2D eigenvalue weighted by Crippen LogP contribution is 2.56. The predicted molar refractivity (Wildman–Crippen MR) is 85.0 cm³/mol. The number of likely N-dealkylation sites (tertiary alicyclic amines) is 1. The number of carbonyl (C=O) groups excluding carboxylic acids is 1. The summed E-state index contributed by atoms with van der Waals surface area (Å²) in [6.07, 6.45) is 3.45. The number of carbonyl (C=O) groups is 1. The molecule has 0 aromatic heterocycles. The molecule has 1 heterocycles. The van der Waals surface area contributed by atoms with Crippen molar-refractivity contribution in [3.63, 3.8) is 0 Å². The lowest BCUT2D eigenvalue weighted by atomic mass is 9.95. The lowest BCUT2D eigenvalue weighted by molar-refractivity contribution is -0.136. The maximum Gasteiger partial charge on any atom is 0.240 e. The summed E-state index contributed by atoms with van der Waals surface area (Å²) in [5.74, 6) is -0.0750. The van der Waals surface area contributed by atoms with Gasteiger partial charge in [0.25, 0.3) is 0 Å². The number of hydrogen-bond donors (Lipinski definition) is 1. The zero-order valence-corrected chi connectivity index (χ0v) is 13.4. The minimum absolute atomic E-state index is 0.0278. The van der Waals surface area contributed by atoms with Crippen molar-refractivity contribution in [3.8, 4) is 6.07 Å². The van der Waals surface area contributed by atoms with Gasteiger partial charge in [0.2, 0.25) is 5.91 Å². The van der Waals surface area contributed by atoms with Gasteiger partial charge in [-0.1, -0.05) is 23.7 Å². The molecule has 1 aliphatic carbocycles. The molecule has 116 valence electrons. The van der Waals surface area contributed by atoms with Crippen molar-refractivity contribution in [2.75, 3.05) is 0 Å². The predicted octanol–water partition coefficient (Wildman–Crippen LogP) is 3.02. The van der Waals surface area contributed by atoms with Crippen LogP contribution in [-0.4, -0.2) is 22.9 Å². The Morgan fingerprint density at radius 1 is 1.50 bits per heavy atom. The van der Waals surface area contributed by atoms with Gasteiger partial charge in [-0.25, -0.2) is 0 Å². The quantitative estimate of drug-likeness (QED) is 0.931. The van der Waals surface area contributed by atoms with Gasteiger partial charge in [-0.05, 0) is 50.3 Å². The van der Waals surface area contributed by atoms with Crippen LogP contribution in [0.15, 0.2) is 24.3 Å². The van der Waals surface area contributed by atoms with Crippen molar-refractivity contribution >= 4 is 17.5 Å². The Morgan fingerprint density at radius 2 is 2.23 bits per heavy atom. The molecule has 1 saturated heterocycles. The Kier molecular flexibility index (Phi) is 3.88. The second-order valence-electron chi connectivity index (χ2n) is 6.47. The van der Waals surface area contributed by atoms with Gasteiger partial charge in [-0.2, -0.15) is 5.26 Å². The van der Waals surface area contributed by atoms with Crippen LogP contribution < -0.4 is 5.73 Å². The van der Waals surface area contributed by atoms with Crippen LogP contribution in [0, 0.1) is 16.7 Å². The summed E-state index contributed by atoms with van der Waals surface area (Å²) in [5.41, 5.74) is 6.52. The number of nitrogens with zero attached hydrogens (tertiary/aromatic N) is 2. The van der Waals surface area contributed by atoms with Crippen LogP contribution in [0.4, 0.5) is 0 Å². The summed E-state index contributed by atoms with van der Waals surface area (Å²) >= 11 is 6.10. The van der Waals surface area contributed by atoms with E-state index in [1.807, 2.05) is 29.2 Å². The summed E-state index contributed by atoms with van der Waals surface area (Å²) < 4.78 is 0. The standard InChI is InChI=1S/C17H20ClN3O/c1-11(20)16(22)21-14(12-3-2-4-13(18)9-12)5-6-15(21)17(10-19)7-8-17/h2-4,9,11,14-15H,5-8,20H2,1H3/t11-,14?,15?/m1/s1. The molecule has 1 aromatic rings. The molecule has 1 aliphatic heterocycles. The molecule has 3 atom stereocenters. The Labute approximate surface area is 135 Å². The summed E-state index contributed by atoms with van der Waals surface area (Å²) in [5, 5.41) is 10.2. The number of nitriles is 1. The first-order valence-electron chi connectivity index (χ1n) is 7.73. The third-order valence-electron chi connectivity index (χ3n) is 4.91. The van der Waals surface area contributed by atoms with E-state index in [4.69, 9.17) is 17.3 Å². The lowest BCUT2D eigenvalue weighted by Crippen LogP contribution is -2.48. The van der Waals surface area contributed by atoms with Crippen molar-refractivity contribution in [2.24, 2.45) is 11.1 Å². The highest BCUT2D eigenvalue weighted by Gasteiger charge is 2.57. The smallest absolute Gasteiger partial charge is 0.240 e. The van der Waals surface area contributed by atoms with E-state index in [0.717, 1.165) is 31.2 Å². The van der Waals surface area contributed by atoms with Gasteiger partial charge in [-0.3, -0.25) is 4.79 Å². The third kappa shape index (κ3) is 2.49. The highest BCUT2D eigenvalue weighted by atomic mass is 35.5. The number of rotatable bonds is 3. The number of hydrogen-bond acceptors (Lipinski definition) is 3. The molecule has 3 rings (SSSR count). The molecular formula is C17H20ClN3O. The van der Waals surface area contributed by atoms with Gasteiger partial charge in [0, 0.05) is 5.02 Å². The summed E-state index contributed by atoms with van der Waals surface area (Å²) in [4.78, 5) is 14.5. The zero-order chi connectivity index (χ0) is 15.9. The molecule has 4 nitrogen and oxygen atoms in total. The fourth-order valence-electron chi connectivity index (χ4n) is 3.59. The van der Waals surface area contributed by atoms with Gasteiger partial charge in [0.15, 0.2) is 0 Å². The van der Waals surface area contributed by atoms with Crippen molar-refractivity contribution in [1.29, 1.82) is 5.26 Å². The van der Waals surface area contributed by atoms with E-state index in [-0.39, 0.29) is 23.4 Å². The molecule has 2 aliphatic rings. The SMILES string of the molecule is C[C@@H](N)C(=O)N1C(c2cccc(Cl)c2)CCC1C1(C#N)CC1. The number of amides is 1. The molecule has 22 heavy (non-hydrogen) atoms. The largest absolute Gasteiger partial charge is 0.330 e. The Hall–Kier alpha value is -1.57. The molecule has 1 saturated carbocycles. The van der Waals surface area contributed by atoms with Crippen molar-refractivity contribution in [2.45, 2.75) is 50.7 Å². The topological polar surface area (TPSA) is 70.1 Å². The minimum Gasteiger partial charge on any atom is -0.330 e. The van der Waals surface area contributed by atoms with Crippen LogP contribution in [0.2, 0.25) is 5.02 Å². The zero-order valence-electron chi connectivity index (χ0n) is 12.6. The fourth-order valence-corrected chi connectivity index (χ4v) is 3.79. The molecular weight excluding hydrogens is 298 g/mol. The molecule has 2 fully saturated rings. The maximum atomic E-state index is 12.7. The molecule has 1 aromatic carbocycles. The van der Waals surface area contributed by atoms with Crippen molar-refractivity contribution < 1.29 is 4.79 Å². The second kappa shape index (κ2) is 5.57. The maximum absolute atomic E-state index is 12.7. The van der Waals surface area contributed by atoms with Crippen LogP contribution in [-0.2, 0) is 4.79 Å². The van der Waals surface area contributed by atoms with E-state index < -0.39 is 6.04 Å². The number of halogens is 1. The van der Waals surface area contributed by atoms with E-state index in [0.29, 0.717) is 5.02 Å². The number of benzene rings is 1.